The standard InChI is InChI=1S/C16H24N2/c1-10(2)15-13(9-17-5)14-11(3)7-8-12(4)16(14)18(15)6/h7-8,10,17H,9H2,1-6H3. The molecule has 0 spiro atoms. The molecule has 18 heavy (non-hydrogen) atoms. The van der Waals surface area contributed by atoms with Crippen molar-refractivity contribution in [2.24, 2.45) is 7.05 Å². The lowest BCUT2D eigenvalue weighted by molar-refractivity contribution is 0.718. The minimum Gasteiger partial charge on any atom is -0.347 e. The fourth-order valence-corrected chi connectivity index (χ4v) is 3.15. The Labute approximate surface area is 110 Å². The second-order valence-corrected chi connectivity index (χ2v) is 5.53. The molecule has 0 unspecified atom stereocenters. The molecule has 0 saturated heterocycles. The zero-order valence-corrected chi connectivity index (χ0v) is 12.4. The largest absolute Gasteiger partial charge is 0.347 e. The van der Waals surface area contributed by atoms with Crippen molar-refractivity contribution in [3.8, 4) is 0 Å². The first-order chi connectivity index (χ1) is 8.49. The number of fused-ring (bicyclic) bond motifs is 1. The first-order valence-corrected chi connectivity index (χ1v) is 6.71. The van der Waals surface area contributed by atoms with E-state index in [0.29, 0.717) is 5.92 Å². The molecule has 0 aliphatic rings. The van der Waals surface area contributed by atoms with Crippen molar-refractivity contribution in [3.05, 3.63) is 34.5 Å². The number of hydrogen-bond acceptors (Lipinski definition) is 1. The summed E-state index contributed by atoms with van der Waals surface area (Å²) in [5, 5.41) is 4.76. The van der Waals surface area contributed by atoms with Crippen LogP contribution in [0.25, 0.3) is 10.9 Å². The average molecular weight is 244 g/mol. The van der Waals surface area contributed by atoms with Gasteiger partial charge < -0.3 is 9.88 Å². The van der Waals surface area contributed by atoms with E-state index in [1.54, 1.807) is 0 Å². The summed E-state index contributed by atoms with van der Waals surface area (Å²) >= 11 is 0. The monoisotopic (exact) mass is 244 g/mol. The number of nitrogens with zero attached hydrogens (tertiary/aromatic N) is 1. The van der Waals surface area contributed by atoms with E-state index in [1.165, 1.54) is 33.3 Å². The predicted octanol–water partition coefficient (Wildman–Crippen LogP) is 3.64. The van der Waals surface area contributed by atoms with Gasteiger partial charge in [0.2, 0.25) is 0 Å². The molecule has 1 aromatic heterocycles. The van der Waals surface area contributed by atoms with Crippen molar-refractivity contribution in [2.45, 2.75) is 40.2 Å². The molecule has 2 aromatic rings. The second kappa shape index (κ2) is 4.77. The SMILES string of the molecule is CNCc1c(C(C)C)n(C)c2c(C)ccc(C)c12. The van der Waals surface area contributed by atoms with Crippen LogP contribution >= 0.6 is 0 Å². The number of rotatable bonds is 3. The van der Waals surface area contributed by atoms with Gasteiger partial charge in [-0.15, -0.1) is 0 Å². The van der Waals surface area contributed by atoms with Gasteiger partial charge in [-0.3, -0.25) is 0 Å². The van der Waals surface area contributed by atoms with Crippen LogP contribution in [0.15, 0.2) is 12.1 Å². The molecule has 98 valence electrons. The van der Waals surface area contributed by atoms with Gasteiger partial charge in [-0.25, -0.2) is 0 Å². The molecule has 0 amide bonds. The minimum absolute atomic E-state index is 0.546. The number of nitrogens with one attached hydrogen (secondary N) is 1. The van der Waals surface area contributed by atoms with Crippen molar-refractivity contribution < 1.29 is 0 Å². The van der Waals surface area contributed by atoms with Crippen LogP contribution < -0.4 is 5.32 Å². The van der Waals surface area contributed by atoms with Gasteiger partial charge in [-0.2, -0.15) is 0 Å². The Morgan fingerprint density at radius 1 is 1.17 bits per heavy atom. The van der Waals surface area contributed by atoms with Gasteiger partial charge in [0.25, 0.3) is 0 Å². The van der Waals surface area contributed by atoms with Crippen LogP contribution in [0.5, 0.6) is 0 Å². The van der Waals surface area contributed by atoms with Crippen molar-refractivity contribution in [1.29, 1.82) is 0 Å². The highest BCUT2D eigenvalue weighted by atomic mass is 15.0. The molecule has 0 radical (unpaired) electrons. The number of aryl methyl sites for hydroxylation is 3. The molecule has 2 heteroatoms. The third-order valence-electron chi connectivity index (χ3n) is 3.80. The zero-order chi connectivity index (χ0) is 13.4. The molecule has 1 heterocycles. The van der Waals surface area contributed by atoms with E-state index in [1.807, 2.05) is 7.05 Å². The van der Waals surface area contributed by atoms with Crippen LogP contribution in [-0.4, -0.2) is 11.6 Å². The van der Waals surface area contributed by atoms with Crippen LogP contribution in [-0.2, 0) is 13.6 Å². The summed E-state index contributed by atoms with van der Waals surface area (Å²) < 4.78 is 2.38. The first kappa shape index (κ1) is 13.2. The van der Waals surface area contributed by atoms with Crippen molar-refractivity contribution in [3.63, 3.8) is 0 Å². The van der Waals surface area contributed by atoms with E-state index in [2.05, 4.69) is 56.8 Å². The normalized spacial score (nSPS) is 11.7. The molecular formula is C16H24N2. The molecule has 0 saturated carbocycles. The van der Waals surface area contributed by atoms with Crippen LogP contribution in [0.4, 0.5) is 0 Å². The fourth-order valence-electron chi connectivity index (χ4n) is 3.15. The van der Waals surface area contributed by atoms with Crippen LogP contribution in [0.3, 0.4) is 0 Å². The van der Waals surface area contributed by atoms with E-state index in [0.717, 1.165) is 6.54 Å². The summed E-state index contributed by atoms with van der Waals surface area (Å²) in [5.41, 5.74) is 7.05. The Balaban J connectivity index is 2.91. The van der Waals surface area contributed by atoms with E-state index in [-0.39, 0.29) is 0 Å². The van der Waals surface area contributed by atoms with Gasteiger partial charge in [-0.1, -0.05) is 26.0 Å². The smallest absolute Gasteiger partial charge is 0.0515 e. The topological polar surface area (TPSA) is 17.0 Å². The first-order valence-electron chi connectivity index (χ1n) is 6.71. The van der Waals surface area contributed by atoms with Crippen LogP contribution in [0.1, 0.15) is 42.1 Å². The highest BCUT2D eigenvalue weighted by molar-refractivity contribution is 5.91. The Hall–Kier alpha value is -1.28. The maximum atomic E-state index is 3.32. The Kier molecular flexibility index (Phi) is 3.49. The minimum atomic E-state index is 0.546. The molecule has 0 aliphatic carbocycles. The van der Waals surface area contributed by atoms with Gasteiger partial charge in [-0.05, 0) is 43.5 Å². The molecular weight excluding hydrogens is 220 g/mol. The van der Waals surface area contributed by atoms with Gasteiger partial charge in [0.05, 0.1) is 5.52 Å². The number of benzene rings is 1. The molecule has 0 aliphatic heterocycles. The lowest BCUT2D eigenvalue weighted by Crippen LogP contribution is -2.09. The second-order valence-electron chi connectivity index (χ2n) is 5.53. The highest BCUT2D eigenvalue weighted by Crippen LogP contribution is 2.34. The zero-order valence-electron chi connectivity index (χ0n) is 12.4. The quantitative estimate of drug-likeness (QED) is 0.872. The Bertz CT molecular complexity index is 577. The number of aromatic nitrogens is 1. The lowest BCUT2D eigenvalue weighted by Gasteiger charge is -2.11. The molecule has 1 aromatic carbocycles. The summed E-state index contributed by atoms with van der Waals surface area (Å²) in [4.78, 5) is 0. The Morgan fingerprint density at radius 2 is 1.78 bits per heavy atom. The third kappa shape index (κ3) is 1.85. The number of hydrogen-bond donors (Lipinski definition) is 1. The molecule has 0 fully saturated rings. The predicted molar refractivity (Wildman–Crippen MR) is 79.2 cm³/mol. The van der Waals surface area contributed by atoms with E-state index < -0.39 is 0 Å². The van der Waals surface area contributed by atoms with Gasteiger partial charge in [0, 0.05) is 24.7 Å². The lowest BCUT2D eigenvalue weighted by atomic mass is 9.99. The van der Waals surface area contributed by atoms with E-state index in [4.69, 9.17) is 0 Å². The third-order valence-corrected chi connectivity index (χ3v) is 3.80. The van der Waals surface area contributed by atoms with E-state index >= 15 is 0 Å². The maximum absolute atomic E-state index is 3.32. The summed E-state index contributed by atoms with van der Waals surface area (Å²) in [7, 11) is 4.22. The molecule has 0 bridgehead atoms. The van der Waals surface area contributed by atoms with Gasteiger partial charge in [0.15, 0.2) is 0 Å². The van der Waals surface area contributed by atoms with Crippen LogP contribution in [0, 0.1) is 13.8 Å². The summed E-state index contributed by atoms with van der Waals surface area (Å²) in [6.45, 7) is 9.91. The van der Waals surface area contributed by atoms with E-state index in [9.17, 15) is 0 Å². The van der Waals surface area contributed by atoms with Gasteiger partial charge in [0.1, 0.15) is 0 Å². The molecule has 2 rings (SSSR count). The van der Waals surface area contributed by atoms with Crippen molar-refractivity contribution >= 4 is 10.9 Å². The highest BCUT2D eigenvalue weighted by Gasteiger charge is 2.19. The van der Waals surface area contributed by atoms with Gasteiger partial charge >= 0.3 is 0 Å². The van der Waals surface area contributed by atoms with Crippen LogP contribution in [0.2, 0.25) is 0 Å². The summed E-state index contributed by atoms with van der Waals surface area (Å²) in [6.07, 6.45) is 0. The van der Waals surface area contributed by atoms with Crippen molar-refractivity contribution in [2.75, 3.05) is 7.05 Å². The molecule has 1 N–H and O–H groups in total. The van der Waals surface area contributed by atoms with Crippen molar-refractivity contribution in [1.82, 2.24) is 9.88 Å². The molecule has 2 nitrogen and oxygen atoms in total. The Morgan fingerprint density at radius 3 is 2.33 bits per heavy atom. The average Bonchev–Trinajstić information content (AvgIpc) is 2.59. The molecule has 0 atom stereocenters. The maximum Gasteiger partial charge on any atom is 0.0515 e. The summed E-state index contributed by atoms with van der Waals surface area (Å²) in [5.74, 6) is 0.546. The summed E-state index contributed by atoms with van der Waals surface area (Å²) in [6, 6.07) is 4.46. The fraction of sp³-hybridized carbons (Fsp3) is 0.500.